The SMILES string of the molecule is CCOC(=O)/C=C1/C(=O)N2CCNC2=C1[N+](=O)[O-]. The van der Waals surface area contributed by atoms with E-state index in [1.807, 2.05) is 0 Å². The van der Waals surface area contributed by atoms with Gasteiger partial charge in [-0.25, -0.2) is 4.79 Å². The molecule has 0 radical (unpaired) electrons. The molecule has 8 nitrogen and oxygen atoms in total. The van der Waals surface area contributed by atoms with Gasteiger partial charge >= 0.3 is 11.7 Å². The first-order valence-corrected chi connectivity index (χ1v) is 5.39. The lowest BCUT2D eigenvalue weighted by Gasteiger charge is -2.06. The van der Waals surface area contributed by atoms with Crippen molar-refractivity contribution in [1.82, 2.24) is 10.2 Å². The number of hydrogen-bond donors (Lipinski definition) is 1. The van der Waals surface area contributed by atoms with E-state index in [2.05, 4.69) is 10.1 Å². The average molecular weight is 253 g/mol. The third kappa shape index (κ3) is 1.81. The van der Waals surface area contributed by atoms with E-state index in [0.29, 0.717) is 13.1 Å². The van der Waals surface area contributed by atoms with Crippen LogP contribution in [-0.4, -0.2) is 41.4 Å². The number of fused-ring (bicyclic) bond motifs is 1. The van der Waals surface area contributed by atoms with Crippen molar-refractivity contribution in [1.29, 1.82) is 0 Å². The highest BCUT2D eigenvalue weighted by atomic mass is 16.6. The molecule has 0 atom stereocenters. The molecule has 18 heavy (non-hydrogen) atoms. The number of nitrogens with zero attached hydrogens (tertiary/aromatic N) is 2. The molecule has 0 aromatic rings. The first kappa shape index (κ1) is 12.1. The van der Waals surface area contributed by atoms with Crippen LogP contribution in [-0.2, 0) is 14.3 Å². The lowest BCUT2D eigenvalue weighted by atomic mass is 10.2. The molecule has 0 bridgehead atoms. The Labute approximate surface area is 102 Å². The molecule has 0 aliphatic carbocycles. The van der Waals surface area contributed by atoms with Crippen LogP contribution < -0.4 is 5.32 Å². The molecule has 0 aromatic heterocycles. The minimum Gasteiger partial charge on any atom is -0.463 e. The van der Waals surface area contributed by atoms with E-state index in [0.717, 1.165) is 6.08 Å². The fraction of sp³-hybridized carbons (Fsp3) is 0.400. The van der Waals surface area contributed by atoms with Gasteiger partial charge in [0.2, 0.25) is 0 Å². The lowest BCUT2D eigenvalue weighted by Crippen LogP contribution is -2.23. The smallest absolute Gasteiger partial charge is 0.331 e. The van der Waals surface area contributed by atoms with Crippen molar-refractivity contribution in [2.75, 3.05) is 19.7 Å². The van der Waals surface area contributed by atoms with Crippen LogP contribution in [0.3, 0.4) is 0 Å². The molecular formula is C10H11N3O5. The predicted molar refractivity (Wildman–Crippen MR) is 58.5 cm³/mol. The molecule has 8 heteroatoms. The molecule has 2 aliphatic rings. The Bertz CT molecular complexity index is 494. The second kappa shape index (κ2) is 4.47. The van der Waals surface area contributed by atoms with Crippen LogP contribution in [0.25, 0.3) is 0 Å². The van der Waals surface area contributed by atoms with Gasteiger partial charge in [-0.15, -0.1) is 0 Å². The summed E-state index contributed by atoms with van der Waals surface area (Å²) < 4.78 is 4.65. The van der Waals surface area contributed by atoms with Crippen molar-refractivity contribution in [2.45, 2.75) is 6.92 Å². The van der Waals surface area contributed by atoms with Crippen molar-refractivity contribution in [2.24, 2.45) is 0 Å². The van der Waals surface area contributed by atoms with E-state index >= 15 is 0 Å². The number of ether oxygens (including phenoxy) is 1. The van der Waals surface area contributed by atoms with Gasteiger partial charge in [0, 0.05) is 19.2 Å². The van der Waals surface area contributed by atoms with Crippen molar-refractivity contribution in [3.05, 3.63) is 33.3 Å². The van der Waals surface area contributed by atoms with Crippen molar-refractivity contribution in [3.8, 4) is 0 Å². The summed E-state index contributed by atoms with van der Waals surface area (Å²) in [6.07, 6.45) is 0.872. The second-order valence-electron chi connectivity index (χ2n) is 3.65. The van der Waals surface area contributed by atoms with Crippen LogP contribution >= 0.6 is 0 Å². The van der Waals surface area contributed by atoms with Gasteiger partial charge in [-0.2, -0.15) is 0 Å². The number of nitro groups is 1. The Morgan fingerprint density at radius 3 is 3.00 bits per heavy atom. The molecule has 2 heterocycles. The number of rotatable bonds is 3. The van der Waals surface area contributed by atoms with Crippen molar-refractivity contribution >= 4 is 11.9 Å². The van der Waals surface area contributed by atoms with E-state index in [9.17, 15) is 19.7 Å². The fourth-order valence-corrected chi connectivity index (χ4v) is 1.90. The average Bonchev–Trinajstić information content (AvgIpc) is 2.83. The summed E-state index contributed by atoms with van der Waals surface area (Å²) in [5, 5.41) is 13.7. The Kier molecular flexibility index (Phi) is 3.00. The quantitative estimate of drug-likeness (QED) is 0.311. The molecule has 1 N–H and O–H groups in total. The van der Waals surface area contributed by atoms with Crippen LogP contribution in [0.2, 0.25) is 0 Å². The Balaban J connectivity index is 2.41. The van der Waals surface area contributed by atoms with Crippen LogP contribution in [0.1, 0.15) is 6.92 Å². The van der Waals surface area contributed by atoms with Crippen molar-refractivity contribution in [3.63, 3.8) is 0 Å². The monoisotopic (exact) mass is 253 g/mol. The zero-order chi connectivity index (χ0) is 13.3. The zero-order valence-electron chi connectivity index (χ0n) is 9.63. The standard InChI is InChI=1S/C10H11N3O5/c1-2-18-7(14)5-6-8(13(16)17)9-11-3-4-12(9)10(6)15/h5,11H,2-4H2,1H3/b6-5+. The van der Waals surface area contributed by atoms with Crippen LogP contribution in [0.15, 0.2) is 23.2 Å². The summed E-state index contributed by atoms with van der Waals surface area (Å²) in [5.41, 5.74) is -0.605. The van der Waals surface area contributed by atoms with E-state index in [-0.39, 0.29) is 23.7 Å². The minimum atomic E-state index is -0.762. The van der Waals surface area contributed by atoms with Gasteiger partial charge in [-0.1, -0.05) is 0 Å². The largest absolute Gasteiger partial charge is 0.463 e. The highest BCUT2D eigenvalue weighted by Crippen LogP contribution is 2.30. The molecular weight excluding hydrogens is 242 g/mol. The first-order chi connectivity index (χ1) is 8.56. The Morgan fingerprint density at radius 1 is 1.67 bits per heavy atom. The van der Waals surface area contributed by atoms with Gasteiger partial charge in [-0.05, 0) is 6.92 Å². The lowest BCUT2D eigenvalue weighted by molar-refractivity contribution is -0.421. The highest BCUT2D eigenvalue weighted by molar-refractivity contribution is 6.06. The predicted octanol–water partition coefficient (Wildman–Crippen LogP) is -0.633. The van der Waals surface area contributed by atoms with Gasteiger partial charge in [-0.3, -0.25) is 19.8 Å². The van der Waals surface area contributed by atoms with Crippen LogP contribution in [0.5, 0.6) is 0 Å². The van der Waals surface area contributed by atoms with Gasteiger partial charge in [0.15, 0.2) is 5.82 Å². The third-order valence-electron chi connectivity index (χ3n) is 2.58. The first-order valence-electron chi connectivity index (χ1n) is 5.39. The maximum absolute atomic E-state index is 11.9. The molecule has 1 fully saturated rings. The molecule has 0 saturated carbocycles. The van der Waals surface area contributed by atoms with E-state index < -0.39 is 16.8 Å². The van der Waals surface area contributed by atoms with E-state index in [1.165, 1.54) is 4.90 Å². The summed E-state index contributed by atoms with van der Waals surface area (Å²) in [6.45, 7) is 2.57. The molecule has 96 valence electrons. The van der Waals surface area contributed by atoms with E-state index in [1.54, 1.807) is 6.92 Å². The van der Waals surface area contributed by atoms with Gasteiger partial charge in [0.25, 0.3) is 5.91 Å². The van der Waals surface area contributed by atoms with E-state index in [4.69, 9.17) is 0 Å². The summed E-state index contributed by atoms with van der Waals surface area (Å²) >= 11 is 0. The number of hydrogen-bond acceptors (Lipinski definition) is 6. The van der Waals surface area contributed by atoms with Gasteiger partial charge in [0.1, 0.15) is 5.57 Å². The summed E-state index contributed by atoms with van der Waals surface area (Å²) in [6, 6.07) is 0. The fourth-order valence-electron chi connectivity index (χ4n) is 1.90. The Morgan fingerprint density at radius 2 is 2.39 bits per heavy atom. The number of esters is 1. The number of nitrogens with one attached hydrogen (secondary N) is 1. The zero-order valence-corrected chi connectivity index (χ0v) is 9.63. The third-order valence-corrected chi connectivity index (χ3v) is 2.58. The van der Waals surface area contributed by atoms with Crippen molar-refractivity contribution < 1.29 is 19.2 Å². The minimum absolute atomic E-state index is 0.142. The number of carbonyl (C=O) groups is 2. The summed E-state index contributed by atoms with van der Waals surface area (Å²) in [5.74, 6) is -1.16. The molecule has 1 saturated heterocycles. The highest BCUT2D eigenvalue weighted by Gasteiger charge is 2.45. The number of carbonyl (C=O) groups excluding carboxylic acids is 2. The molecule has 1 amide bonds. The maximum Gasteiger partial charge on any atom is 0.331 e. The molecule has 2 aliphatic heterocycles. The second-order valence-corrected chi connectivity index (χ2v) is 3.65. The molecule has 0 unspecified atom stereocenters. The topological polar surface area (TPSA) is 102 Å². The van der Waals surface area contributed by atoms with Crippen LogP contribution in [0, 0.1) is 10.1 Å². The normalized spacial score (nSPS) is 20.2. The molecule has 0 spiro atoms. The maximum atomic E-state index is 11.9. The molecule has 0 aromatic carbocycles. The van der Waals surface area contributed by atoms with Crippen LogP contribution in [0.4, 0.5) is 0 Å². The summed E-state index contributed by atoms with van der Waals surface area (Å²) in [4.78, 5) is 34.8. The van der Waals surface area contributed by atoms with Gasteiger partial charge in [0.05, 0.1) is 11.5 Å². The summed E-state index contributed by atoms with van der Waals surface area (Å²) in [7, 11) is 0. The number of amides is 1. The Hall–Kier alpha value is -2.38. The molecule has 2 rings (SSSR count). The van der Waals surface area contributed by atoms with Gasteiger partial charge < -0.3 is 10.1 Å².